The Morgan fingerprint density at radius 1 is 1.40 bits per heavy atom. The molecule has 4 heteroatoms. The van der Waals surface area contributed by atoms with E-state index in [1.165, 1.54) is 18.5 Å². The van der Waals surface area contributed by atoms with Gasteiger partial charge in [0.05, 0.1) is 0 Å². The van der Waals surface area contributed by atoms with Crippen LogP contribution in [0.3, 0.4) is 0 Å². The summed E-state index contributed by atoms with van der Waals surface area (Å²) in [5.41, 5.74) is -0.0818. The zero-order valence-electron chi connectivity index (χ0n) is 8.19. The van der Waals surface area contributed by atoms with Crippen LogP contribution in [-0.2, 0) is 0 Å². The van der Waals surface area contributed by atoms with Crippen molar-refractivity contribution in [2.75, 3.05) is 0 Å². The maximum atomic E-state index is 11.7. The molecule has 78 valence electrons. The average molecular weight is 204 g/mol. The number of hydrogen-bond donors (Lipinski definition) is 2. The third kappa shape index (κ3) is 2.15. The molecule has 2 N–H and O–H groups in total. The van der Waals surface area contributed by atoms with Crippen molar-refractivity contribution in [3.63, 3.8) is 0 Å². The fourth-order valence-corrected chi connectivity index (χ4v) is 1.59. The first-order valence-electron chi connectivity index (χ1n) is 4.90. The van der Waals surface area contributed by atoms with Crippen LogP contribution in [0, 0.1) is 0 Å². The van der Waals surface area contributed by atoms with Gasteiger partial charge in [-0.05, 0) is 12.8 Å². The minimum Gasteiger partial charge on any atom is -0.367 e. The third-order valence-corrected chi connectivity index (χ3v) is 2.41. The van der Waals surface area contributed by atoms with E-state index in [0.717, 1.165) is 12.8 Å². The summed E-state index contributed by atoms with van der Waals surface area (Å²) in [6, 6.07) is 1.49. The number of amides is 1. The predicted octanol–water partition coefficient (Wildman–Crippen LogP) is 0.823. The summed E-state index contributed by atoms with van der Waals surface area (Å²) >= 11 is 0. The number of aromatic amines is 1. The number of carbonyl (C=O) groups excluding carboxylic acids is 1. The second-order valence-electron chi connectivity index (χ2n) is 3.54. The van der Waals surface area contributed by atoms with E-state index in [9.17, 15) is 9.59 Å². The van der Waals surface area contributed by atoms with Gasteiger partial charge in [-0.15, -0.1) is 0 Å². The highest BCUT2D eigenvalue weighted by molar-refractivity contribution is 5.93. The minimum absolute atomic E-state index is 0.136. The summed E-state index contributed by atoms with van der Waals surface area (Å²) in [6.07, 6.45) is 8.68. The Morgan fingerprint density at radius 3 is 2.80 bits per heavy atom. The number of H-pyrrole nitrogens is 1. The van der Waals surface area contributed by atoms with Crippen LogP contribution in [0.1, 0.15) is 23.2 Å². The molecule has 0 bridgehead atoms. The Labute approximate surface area is 87.0 Å². The summed E-state index contributed by atoms with van der Waals surface area (Å²) in [5.74, 6) is -0.300. The van der Waals surface area contributed by atoms with Gasteiger partial charge in [0.2, 0.25) is 0 Å². The number of hydrogen-bond acceptors (Lipinski definition) is 2. The van der Waals surface area contributed by atoms with Crippen molar-refractivity contribution < 1.29 is 4.79 Å². The van der Waals surface area contributed by atoms with Crippen molar-refractivity contribution >= 4 is 5.91 Å². The monoisotopic (exact) mass is 204 g/mol. The summed E-state index contributed by atoms with van der Waals surface area (Å²) in [6.45, 7) is 0. The lowest BCUT2D eigenvalue weighted by Crippen LogP contribution is -2.35. The Hall–Kier alpha value is -1.84. The van der Waals surface area contributed by atoms with E-state index < -0.39 is 0 Å². The second kappa shape index (κ2) is 4.13. The molecule has 1 amide bonds. The van der Waals surface area contributed by atoms with Crippen LogP contribution >= 0.6 is 0 Å². The number of rotatable bonds is 2. The van der Waals surface area contributed by atoms with Crippen molar-refractivity contribution in [1.29, 1.82) is 0 Å². The fraction of sp³-hybridized carbons (Fsp3) is 0.273. The Kier molecular flexibility index (Phi) is 2.67. The van der Waals surface area contributed by atoms with Crippen LogP contribution in [0.25, 0.3) is 0 Å². The molecule has 1 aromatic rings. The Bertz CT molecular complexity index is 440. The normalized spacial score (nSPS) is 15.5. The van der Waals surface area contributed by atoms with Gasteiger partial charge in [-0.2, -0.15) is 0 Å². The largest absolute Gasteiger partial charge is 0.367 e. The summed E-state index contributed by atoms with van der Waals surface area (Å²) in [5, 5.41) is 2.81. The molecule has 4 nitrogen and oxygen atoms in total. The van der Waals surface area contributed by atoms with Gasteiger partial charge in [-0.3, -0.25) is 9.59 Å². The topological polar surface area (TPSA) is 62.0 Å². The molecule has 1 aliphatic carbocycles. The number of carbonyl (C=O) groups is 1. The summed E-state index contributed by atoms with van der Waals surface area (Å²) in [4.78, 5) is 25.7. The van der Waals surface area contributed by atoms with Crippen molar-refractivity contribution in [2.45, 2.75) is 18.9 Å². The SMILES string of the molecule is O=C(NC1CC=CC1)c1c[nH]ccc1=O. The summed E-state index contributed by atoms with van der Waals surface area (Å²) < 4.78 is 0. The number of aromatic nitrogens is 1. The molecule has 0 unspecified atom stereocenters. The maximum absolute atomic E-state index is 11.7. The molecule has 2 rings (SSSR count). The van der Waals surface area contributed by atoms with E-state index in [4.69, 9.17) is 0 Å². The number of nitrogens with one attached hydrogen (secondary N) is 2. The minimum atomic E-state index is -0.300. The molecule has 0 radical (unpaired) electrons. The van der Waals surface area contributed by atoms with E-state index in [2.05, 4.69) is 10.3 Å². The van der Waals surface area contributed by atoms with Crippen LogP contribution in [0.2, 0.25) is 0 Å². The average Bonchev–Trinajstić information content (AvgIpc) is 2.71. The third-order valence-electron chi connectivity index (χ3n) is 2.41. The lowest BCUT2D eigenvalue weighted by molar-refractivity contribution is 0.0937. The van der Waals surface area contributed by atoms with Crippen LogP contribution in [0.5, 0.6) is 0 Å². The molecule has 0 spiro atoms. The van der Waals surface area contributed by atoms with Crippen LogP contribution < -0.4 is 10.7 Å². The molecule has 0 aliphatic heterocycles. The van der Waals surface area contributed by atoms with Crippen molar-refractivity contribution in [2.24, 2.45) is 0 Å². The molecular weight excluding hydrogens is 192 g/mol. The first-order chi connectivity index (χ1) is 7.27. The van der Waals surface area contributed by atoms with Crippen LogP contribution in [0.15, 0.2) is 35.4 Å². The maximum Gasteiger partial charge on any atom is 0.256 e. The van der Waals surface area contributed by atoms with Gasteiger partial charge in [0, 0.05) is 24.5 Å². The first-order valence-corrected chi connectivity index (χ1v) is 4.90. The molecule has 0 aromatic carbocycles. The van der Waals surface area contributed by atoms with Crippen molar-refractivity contribution in [3.8, 4) is 0 Å². The molecular formula is C11H12N2O2. The van der Waals surface area contributed by atoms with Gasteiger partial charge in [-0.25, -0.2) is 0 Å². The van der Waals surface area contributed by atoms with Gasteiger partial charge < -0.3 is 10.3 Å². The van der Waals surface area contributed by atoms with Gasteiger partial charge in [0.1, 0.15) is 5.56 Å². The zero-order valence-corrected chi connectivity index (χ0v) is 8.19. The molecule has 1 aromatic heterocycles. The van der Waals surface area contributed by atoms with E-state index in [0.29, 0.717) is 0 Å². The molecule has 0 atom stereocenters. The van der Waals surface area contributed by atoms with Crippen molar-refractivity contribution in [1.82, 2.24) is 10.3 Å². The van der Waals surface area contributed by atoms with Gasteiger partial charge in [0.25, 0.3) is 5.91 Å². The molecule has 0 saturated carbocycles. The summed E-state index contributed by atoms with van der Waals surface area (Å²) in [7, 11) is 0. The quantitative estimate of drug-likeness (QED) is 0.701. The molecule has 0 fully saturated rings. The molecule has 1 heterocycles. The van der Waals surface area contributed by atoms with Crippen molar-refractivity contribution in [3.05, 3.63) is 46.4 Å². The van der Waals surface area contributed by atoms with Gasteiger partial charge in [-0.1, -0.05) is 12.2 Å². The van der Waals surface area contributed by atoms with Gasteiger partial charge >= 0.3 is 0 Å². The standard InChI is InChI=1S/C11H12N2O2/c14-10-5-6-12-7-9(10)11(15)13-8-3-1-2-4-8/h1-2,5-8H,3-4H2,(H,12,14)(H,13,15). The highest BCUT2D eigenvalue weighted by Crippen LogP contribution is 2.09. The van der Waals surface area contributed by atoms with E-state index in [-0.39, 0.29) is 22.9 Å². The second-order valence-corrected chi connectivity index (χ2v) is 3.54. The highest BCUT2D eigenvalue weighted by atomic mass is 16.2. The smallest absolute Gasteiger partial charge is 0.256 e. The first kappa shape index (κ1) is 9.71. The molecule has 1 aliphatic rings. The van der Waals surface area contributed by atoms with E-state index in [1.54, 1.807) is 0 Å². The number of pyridine rings is 1. The lowest BCUT2D eigenvalue weighted by atomic mass is 10.2. The highest BCUT2D eigenvalue weighted by Gasteiger charge is 2.15. The van der Waals surface area contributed by atoms with Crippen LogP contribution in [-0.4, -0.2) is 16.9 Å². The van der Waals surface area contributed by atoms with E-state index in [1.807, 2.05) is 12.2 Å². The van der Waals surface area contributed by atoms with Gasteiger partial charge in [0.15, 0.2) is 5.43 Å². The predicted molar refractivity (Wildman–Crippen MR) is 56.7 cm³/mol. The lowest BCUT2D eigenvalue weighted by Gasteiger charge is -2.11. The Balaban J connectivity index is 2.08. The Morgan fingerprint density at radius 2 is 2.13 bits per heavy atom. The van der Waals surface area contributed by atoms with Crippen LogP contribution in [0.4, 0.5) is 0 Å². The fourth-order valence-electron chi connectivity index (χ4n) is 1.59. The zero-order chi connectivity index (χ0) is 10.7. The molecule has 0 saturated heterocycles. The van der Waals surface area contributed by atoms with E-state index >= 15 is 0 Å². The molecule has 15 heavy (non-hydrogen) atoms.